The van der Waals surface area contributed by atoms with E-state index >= 15 is 0 Å². The molecular weight excluding hydrogens is 440 g/mol. The number of carbonyl (C=O) groups is 2. The highest BCUT2D eigenvalue weighted by Gasteiger charge is 2.24. The van der Waals surface area contributed by atoms with E-state index in [1.165, 1.54) is 11.3 Å². The first-order chi connectivity index (χ1) is 14.9. The second-order valence-electron chi connectivity index (χ2n) is 6.48. The second kappa shape index (κ2) is 8.44. The number of nitrogens with zero attached hydrogens (tertiary/aromatic N) is 3. The van der Waals surface area contributed by atoms with Crippen molar-refractivity contribution < 1.29 is 23.5 Å². The van der Waals surface area contributed by atoms with E-state index in [9.17, 15) is 9.59 Å². The van der Waals surface area contributed by atoms with Gasteiger partial charge in [0.25, 0.3) is 0 Å². The van der Waals surface area contributed by atoms with Crippen LogP contribution in [0.1, 0.15) is 44.2 Å². The number of anilines is 1. The van der Waals surface area contributed by atoms with Crippen LogP contribution in [-0.2, 0) is 16.1 Å². The molecule has 11 heteroatoms. The number of furan rings is 1. The van der Waals surface area contributed by atoms with Crippen molar-refractivity contribution in [3.05, 3.63) is 44.5 Å². The lowest BCUT2D eigenvalue weighted by Gasteiger charge is -2.05. The Bertz CT molecular complexity index is 1280. The average Bonchev–Trinajstić information content (AvgIpc) is 3.44. The van der Waals surface area contributed by atoms with Gasteiger partial charge in [0.15, 0.2) is 12.4 Å². The van der Waals surface area contributed by atoms with Gasteiger partial charge in [-0.25, -0.2) is 19.6 Å². The van der Waals surface area contributed by atoms with E-state index in [0.29, 0.717) is 16.3 Å². The highest BCUT2D eigenvalue weighted by Crippen LogP contribution is 2.31. The molecule has 0 saturated heterocycles. The number of ether oxygens (including phenoxy) is 2. The van der Waals surface area contributed by atoms with Gasteiger partial charge in [-0.2, -0.15) is 16.3 Å². The van der Waals surface area contributed by atoms with Crippen molar-refractivity contribution in [1.29, 1.82) is 0 Å². The zero-order chi connectivity index (χ0) is 22.1. The van der Waals surface area contributed by atoms with Crippen LogP contribution >= 0.6 is 22.7 Å². The number of thiophene rings is 1. The molecule has 0 spiro atoms. The molecule has 31 heavy (non-hydrogen) atoms. The van der Waals surface area contributed by atoms with Crippen molar-refractivity contribution in [3.8, 4) is 10.6 Å². The Hall–Kier alpha value is -3.31. The standard InChI is InChI=1S/C20H18N4O5S2/c1-4-27-19(25)13-10(3)29-17-14(13)16(21)23-12(24-17)7-28-20(26)15-9(2)22-18(31-15)11-5-6-30-8-11/h5-6,8H,4,7H2,1-3H3,(H2,21,23,24). The molecule has 0 aromatic carbocycles. The molecule has 0 aliphatic heterocycles. The molecular formula is C20H18N4O5S2. The summed E-state index contributed by atoms with van der Waals surface area (Å²) in [6.07, 6.45) is 0. The third kappa shape index (κ3) is 4.01. The quantitative estimate of drug-likeness (QED) is 0.423. The first-order valence-corrected chi connectivity index (χ1v) is 11.0. The van der Waals surface area contributed by atoms with Gasteiger partial charge in [0.2, 0.25) is 5.71 Å². The van der Waals surface area contributed by atoms with E-state index < -0.39 is 11.9 Å². The molecule has 0 atom stereocenters. The van der Waals surface area contributed by atoms with Crippen molar-refractivity contribution >= 4 is 51.5 Å². The third-order valence-electron chi connectivity index (χ3n) is 4.36. The number of nitrogen functional groups attached to an aromatic ring is 1. The summed E-state index contributed by atoms with van der Waals surface area (Å²) in [5.74, 6) is -0.561. The van der Waals surface area contributed by atoms with E-state index in [1.54, 1.807) is 32.1 Å². The van der Waals surface area contributed by atoms with Crippen LogP contribution in [0.4, 0.5) is 5.82 Å². The van der Waals surface area contributed by atoms with E-state index in [4.69, 9.17) is 19.6 Å². The lowest BCUT2D eigenvalue weighted by Crippen LogP contribution is -2.10. The normalized spacial score (nSPS) is 11.1. The number of nitrogens with two attached hydrogens (primary N) is 1. The van der Waals surface area contributed by atoms with Gasteiger partial charge in [-0.15, -0.1) is 11.3 Å². The van der Waals surface area contributed by atoms with Gasteiger partial charge in [0, 0.05) is 10.9 Å². The second-order valence-corrected chi connectivity index (χ2v) is 8.26. The Morgan fingerprint density at radius 1 is 1.16 bits per heavy atom. The molecule has 0 radical (unpaired) electrons. The molecule has 0 amide bonds. The molecule has 4 rings (SSSR count). The Kier molecular flexibility index (Phi) is 5.70. The number of hydrogen-bond acceptors (Lipinski definition) is 11. The van der Waals surface area contributed by atoms with Gasteiger partial charge in [0.05, 0.1) is 17.7 Å². The summed E-state index contributed by atoms with van der Waals surface area (Å²) in [6, 6.07) is 1.94. The fraction of sp³-hybridized carbons (Fsp3) is 0.250. The summed E-state index contributed by atoms with van der Waals surface area (Å²) >= 11 is 2.82. The predicted octanol–water partition coefficient (Wildman–Crippen LogP) is 4.14. The highest BCUT2D eigenvalue weighted by atomic mass is 32.1. The van der Waals surface area contributed by atoms with Crippen LogP contribution < -0.4 is 5.73 Å². The largest absolute Gasteiger partial charge is 0.462 e. The van der Waals surface area contributed by atoms with Crippen LogP contribution in [0.25, 0.3) is 21.7 Å². The zero-order valence-electron chi connectivity index (χ0n) is 16.9. The number of esters is 2. The SMILES string of the molecule is CCOC(=O)c1c(C)oc2nc(COC(=O)c3sc(-c4ccsc4)nc3C)nc(N)c12. The highest BCUT2D eigenvalue weighted by molar-refractivity contribution is 7.17. The molecule has 4 aromatic rings. The fourth-order valence-electron chi connectivity index (χ4n) is 2.99. The predicted molar refractivity (Wildman–Crippen MR) is 116 cm³/mol. The van der Waals surface area contributed by atoms with Crippen molar-refractivity contribution in [2.45, 2.75) is 27.4 Å². The van der Waals surface area contributed by atoms with Crippen molar-refractivity contribution in [1.82, 2.24) is 15.0 Å². The summed E-state index contributed by atoms with van der Waals surface area (Å²) in [5, 5.41) is 4.95. The Balaban J connectivity index is 1.54. The molecule has 0 aliphatic carbocycles. The molecule has 0 bridgehead atoms. The molecule has 9 nitrogen and oxygen atoms in total. The number of rotatable bonds is 6. The van der Waals surface area contributed by atoms with Crippen molar-refractivity contribution in [2.24, 2.45) is 0 Å². The van der Waals surface area contributed by atoms with E-state index in [2.05, 4.69) is 15.0 Å². The van der Waals surface area contributed by atoms with E-state index in [0.717, 1.165) is 10.6 Å². The maximum atomic E-state index is 12.6. The van der Waals surface area contributed by atoms with Gasteiger partial charge < -0.3 is 19.6 Å². The number of hydrogen-bond donors (Lipinski definition) is 1. The van der Waals surface area contributed by atoms with Crippen LogP contribution in [0.3, 0.4) is 0 Å². The number of carbonyl (C=O) groups excluding carboxylic acids is 2. The van der Waals surface area contributed by atoms with Gasteiger partial charge in [-0.05, 0) is 32.2 Å². The van der Waals surface area contributed by atoms with Gasteiger partial charge in [-0.1, -0.05) is 0 Å². The number of aryl methyl sites for hydroxylation is 2. The topological polar surface area (TPSA) is 130 Å². The molecule has 4 aromatic heterocycles. The number of aromatic nitrogens is 3. The minimum atomic E-state index is -0.560. The van der Waals surface area contributed by atoms with Crippen LogP contribution in [0, 0.1) is 13.8 Å². The van der Waals surface area contributed by atoms with Crippen LogP contribution in [-0.4, -0.2) is 33.5 Å². The monoisotopic (exact) mass is 458 g/mol. The summed E-state index contributed by atoms with van der Waals surface area (Å²) < 4.78 is 16.0. The van der Waals surface area contributed by atoms with Crippen LogP contribution in [0.2, 0.25) is 0 Å². The molecule has 0 aliphatic rings. The molecule has 4 heterocycles. The number of thiazole rings is 1. The molecule has 0 unspecified atom stereocenters. The smallest absolute Gasteiger partial charge is 0.350 e. The van der Waals surface area contributed by atoms with E-state index in [-0.39, 0.29) is 41.5 Å². The first kappa shape index (κ1) is 20.9. The van der Waals surface area contributed by atoms with Gasteiger partial charge >= 0.3 is 11.9 Å². The lowest BCUT2D eigenvalue weighted by atomic mass is 10.2. The summed E-state index contributed by atoms with van der Waals surface area (Å²) in [4.78, 5) is 38.0. The molecule has 0 saturated carbocycles. The van der Waals surface area contributed by atoms with Gasteiger partial charge in [-0.3, -0.25) is 0 Å². The first-order valence-electron chi connectivity index (χ1n) is 9.28. The summed E-state index contributed by atoms with van der Waals surface area (Å²) in [6.45, 7) is 5.08. The fourth-order valence-corrected chi connectivity index (χ4v) is 4.66. The average molecular weight is 459 g/mol. The molecule has 2 N–H and O–H groups in total. The third-order valence-corrected chi connectivity index (χ3v) is 6.23. The van der Waals surface area contributed by atoms with Crippen molar-refractivity contribution in [3.63, 3.8) is 0 Å². The minimum absolute atomic E-state index is 0.0460. The van der Waals surface area contributed by atoms with Crippen molar-refractivity contribution in [2.75, 3.05) is 12.3 Å². The number of fused-ring (bicyclic) bond motifs is 1. The van der Waals surface area contributed by atoms with Crippen LogP contribution in [0.15, 0.2) is 21.2 Å². The minimum Gasteiger partial charge on any atom is -0.462 e. The Morgan fingerprint density at radius 3 is 2.68 bits per heavy atom. The molecule has 0 fully saturated rings. The maximum absolute atomic E-state index is 12.6. The zero-order valence-corrected chi connectivity index (χ0v) is 18.6. The summed E-state index contributed by atoms with van der Waals surface area (Å²) in [7, 11) is 0. The lowest BCUT2D eigenvalue weighted by molar-refractivity contribution is 0.0466. The van der Waals surface area contributed by atoms with Gasteiger partial charge in [0.1, 0.15) is 27.0 Å². The Morgan fingerprint density at radius 2 is 1.97 bits per heavy atom. The Labute approximate surface area is 184 Å². The van der Waals surface area contributed by atoms with Crippen LogP contribution in [0.5, 0.6) is 0 Å². The van der Waals surface area contributed by atoms with E-state index in [1.807, 2.05) is 16.8 Å². The molecule has 160 valence electrons. The summed E-state index contributed by atoms with van der Waals surface area (Å²) in [5.41, 5.74) is 7.92. The maximum Gasteiger partial charge on any atom is 0.350 e.